The van der Waals surface area contributed by atoms with E-state index in [1.54, 1.807) is 26.2 Å². The van der Waals surface area contributed by atoms with Gasteiger partial charge in [0.05, 0.1) is 39.0 Å². The molecule has 0 spiro atoms. The second-order valence-corrected chi connectivity index (χ2v) is 17.4. The fourth-order valence-electron chi connectivity index (χ4n) is 10.4. The Morgan fingerprint density at radius 1 is 1.07 bits per heavy atom. The van der Waals surface area contributed by atoms with E-state index < -0.39 is 24.2 Å². The highest BCUT2D eigenvalue weighted by Gasteiger charge is 2.57. The Bertz CT molecular complexity index is 1620. The summed E-state index contributed by atoms with van der Waals surface area (Å²) in [7, 11) is 7.26. The van der Waals surface area contributed by atoms with Crippen molar-refractivity contribution < 1.29 is 34.1 Å². The molecule has 4 N–H and O–H groups in total. The predicted molar refractivity (Wildman–Crippen MR) is 209 cm³/mol. The van der Waals surface area contributed by atoms with Crippen LogP contribution in [0.25, 0.3) is 11.1 Å². The molecule has 54 heavy (non-hydrogen) atoms. The Morgan fingerprint density at radius 2 is 1.81 bits per heavy atom. The molecule has 0 radical (unpaired) electrons. The van der Waals surface area contributed by atoms with Crippen LogP contribution in [0.4, 0.5) is 0 Å². The second-order valence-electron chi connectivity index (χ2n) is 17.4. The Morgan fingerprint density at radius 3 is 2.43 bits per heavy atom. The number of nitrogens with zero attached hydrogens (tertiary/aromatic N) is 2. The van der Waals surface area contributed by atoms with Gasteiger partial charge in [-0.15, -0.1) is 0 Å². The number of likely N-dealkylation sites (N-methyl/N-ethyl adjacent to an activating group) is 1. The minimum Gasteiger partial charge on any atom is -0.496 e. The molecule has 4 aliphatic carbocycles. The highest BCUT2D eigenvalue weighted by molar-refractivity contribution is 5.98. The van der Waals surface area contributed by atoms with Gasteiger partial charge in [-0.3, -0.25) is 14.4 Å². The fourth-order valence-corrected chi connectivity index (χ4v) is 10.4. The van der Waals surface area contributed by atoms with E-state index in [9.17, 15) is 19.8 Å². The van der Waals surface area contributed by atoms with Gasteiger partial charge in [-0.25, -0.2) is 0 Å². The first-order valence-corrected chi connectivity index (χ1v) is 20.1. The van der Waals surface area contributed by atoms with Crippen LogP contribution >= 0.6 is 0 Å². The summed E-state index contributed by atoms with van der Waals surface area (Å²) in [4.78, 5) is 36.7. The summed E-state index contributed by atoms with van der Waals surface area (Å²) >= 11 is 0. The molecule has 1 unspecified atom stereocenters. The van der Waals surface area contributed by atoms with Crippen molar-refractivity contribution >= 4 is 11.8 Å². The highest BCUT2D eigenvalue weighted by Crippen LogP contribution is 2.61. The maximum atomic E-state index is 14.3. The second kappa shape index (κ2) is 16.9. The summed E-state index contributed by atoms with van der Waals surface area (Å²) in [6, 6.07) is 10.6. The third-order valence-electron chi connectivity index (χ3n) is 13.5. The molecule has 7 rings (SSSR count). The van der Waals surface area contributed by atoms with Crippen LogP contribution in [-0.2, 0) is 16.2 Å². The smallest absolute Gasteiger partial charge is 0.255 e. The Labute approximate surface area is 322 Å². The lowest BCUT2D eigenvalue weighted by atomic mass is 9.45. The summed E-state index contributed by atoms with van der Waals surface area (Å²) in [6.45, 7) is 9.16. The molecule has 1 saturated heterocycles. The van der Waals surface area contributed by atoms with Crippen molar-refractivity contribution in [1.29, 1.82) is 0 Å². The van der Waals surface area contributed by atoms with E-state index in [2.05, 4.69) is 36.3 Å². The number of aliphatic hydroxyl groups is 2. The Kier molecular flexibility index (Phi) is 12.6. The lowest BCUT2D eigenvalue weighted by Gasteiger charge is -2.62. The van der Waals surface area contributed by atoms with E-state index in [0.717, 1.165) is 42.5 Å². The molecule has 0 aromatic heterocycles. The molecule has 11 nitrogen and oxygen atoms in total. The zero-order valence-corrected chi connectivity index (χ0v) is 33.6. The molecule has 11 heteroatoms. The van der Waals surface area contributed by atoms with Crippen LogP contribution in [-0.4, -0.2) is 104 Å². The van der Waals surface area contributed by atoms with Gasteiger partial charge < -0.3 is 35.2 Å². The Balaban J connectivity index is 1.26. The predicted octanol–water partition coefficient (Wildman–Crippen LogP) is 5.27. The van der Waals surface area contributed by atoms with Crippen LogP contribution in [0.15, 0.2) is 36.4 Å². The summed E-state index contributed by atoms with van der Waals surface area (Å²) in [5, 5.41) is 29.6. The number of para-hydroxylation sites is 1. The number of hydroxylamine groups is 2. The van der Waals surface area contributed by atoms with E-state index in [4.69, 9.17) is 14.3 Å². The number of aliphatic hydroxyl groups excluding tert-OH is 2. The van der Waals surface area contributed by atoms with Crippen molar-refractivity contribution in [3.8, 4) is 22.6 Å². The largest absolute Gasteiger partial charge is 0.496 e. The van der Waals surface area contributed by atoms with Crippen LogP contribution in [0.1, 0.15) is 88.6 Å². The van der Waals surface area contributed by atoms with Crippen molar-refractivity contribution in [2.24, 2.45) is 35.0 Å². The molecule has 298 valence electrons. The molecule has 2 aromatic carbocycles. The maximum Gasteiger partial charge on any atom is 0.255 e. The van der Waals surface area contributed by atoms with E-state index >= 15 is 0 Å². The van der Waals surface area contributed by atoms with E-state index in [-0.39, 0.29) is 42.5 Å². The van der Waals surface area contributed by atoms with E-state index in [1.807, 2.05) is 50.5 Å². The minimum absolute atomic E-state index is 0.0247. The van der Waals surface area contributed by atoms with Gasteiger partial charge in [-0.05, 0) is 93.5 Å². The third kappa shape index (κ3) is 8.03. The average molecular weight is 749 g/mol. The highest BCUT2D eigenvalue weighted by atomic mass is 16.7. The molecule has 1 aliphatic heterocycles. The summed E-state index contributed by atoms with van der Waals surface area (Å²) in [6.07, 6.45) is 6.33. The van der Waals surface area contributed by atoms with Crippen molar-refractivity contribution in [3.63, 3.8) is 0 Å². The van der Waals surface area contributed by atoms with Crippen molar-refractivity contribution in [2.45, 2.75) is 110 Å². The molecular weight excluding hydrogens is 684 g/mol. The van der Waals surface area contributed by atoms with Gasteiger partial charge in [0.1, 0.15) is 23.6 Å². The number of hydrogen-bond donors (Lipinski definition) is 4. The lowest BCUT2D eigenvalue weighted by molar-refractivity contribution is -0.183. The number of hydrogen-bond acceptors (Lipinski definition) is 9. The first kappa shape index (κ1) is 40.4. The van der Waals surface area contributed by atoms with Gasteiger partial charge in [0, 0.05) is 35.7 Å². The maximum absolute atomic E-state index is 14.3. The number of nitrogens with one attached hydrogen (secondary N) is 2. The normalized spacial score (nSPS) is 29.3. The van der Waals surface area contributed by atoms with Gasteiger partial charge in [-0.1, -0.05) is 64.3 Å². The third-order valence-corrected chi connectivity index (χ3v) is 13.5. The topological polar surface area (TPSA) is 133 Å². The lowest BCUT2D eigenvalue weighted by Crippen LogP contribution is -2.62. The molecular formula is C43H64N4O7. The SMILES string of the molecule is COc1ccc(-c2cccc(CN3O[C@@H](CO)[C@H](C(C)O)[C@H]3C(=O)N[C@H]3C[C@H]4C[C@@H]([C@@H]3C)C4(C)C)c2OC)cc1C(=O)N[C@H](CN(C)C)C1CCCCC1. The average Bonchev–Trinajstić information content (AvgIpc) is 3.53. The van der Waals surface area contributed by atoms with Crippen LogP contribution in [0.2, 0.25) is 0 Å². The molecule has 5 fully saturated rings. The van der Waals surface area contributed by atoms with Crippen LogP contribution in [0.3, 0.4) is 0 Å². The van der Waals surface area contributed by atoms with E-state index in [1.165, 1.54) is 25.7 Å². The van der Waals surface area contributed by atoms with Crippen molar-refractivity contribution in [1.82, 2.24) is 20.6 Å². The molecule has 2 amide bonds. The van der Waals surface area contributed by atoms with Crippen molar-refractivity contribution in [2.75, 3.05) is 41.5 Å². The van der Waals surface area contributed by atoms with Gasteiger partial charge >= 0.3 is 0 Å². The molecule has 1 heterocycles. The minimum atomic E-state index is -0.897. The first-order valence-electron chi connectivity index (χ1n) is 20.1. The van der Waals surface area contributed by atoms with Crippen LogP contribution < -0.4 is 20.1 Å². The van der Waals surface area contributed by atoms with Crippen LogP contribution in [0, 0.1) is 35.0 Å². The van der Waals surface area contributed by atoms with Gasteiger partial charge in [-0.2, -0.15) is 5.06 Å². The molecule has 9 atom stereocenters. The number of rotatable bonds is 14. The first-order chi connectivity index (χ1) is 25.8. The summed E-state index contributed by atoms with van der Waals surface area (Å²) in [5.74, 6) is 1.96. The van der Waals surface area contributed by atoms with Crippen LogP contribution in [0.5, 0.6) is 11.5 Å². The number of fused-ring (bicyclic) bond motifs is 2. The van der Waals surface area contributed by atoms with Gasteiger partial charge in [0.15, 0.2) is 0 Å². The molecule has 2 aromatic rings. The zero-order chi connectivity index (χ0) is 38.9. The number of benzene rings is 2. The fraction of sp³-hybridized carbons (Fsp3) is 0.674. The standard InChI is InChI=1S/C43H64N4O7/c1-25-33-20-30(43(33,3)4)21-34(25)44-42(51)39-38(26(2)49)37(24-48)54-47(39)22-29-15-12-16-31(40(29)53-8)28-17-18-36(52-7)32(19-28)41(50)45-35(23-46(5)6)27-13-10-9-11-14-27/h12,15-19,25-27,30,33-35,37-39,48-49H,9-11,13-14,20-24H2,1-8H3,(H,44,51)(H,45,50)/t25-,26?,30+,33-,34-,35+,37-,38-,39-/m0/s1. The molecule has 2 bridgehead atoms. The number of ether oxygens (including phenoxy) is 2. The Hall–Kier alpha value is -3.22. The van der Waals surface area contributed by atoms with Crippen molar-refractivity contribution in [3.05, 3.63) is 47.5 Å². The summed E-state index contributed by atoms with van der Waals surface area (Å²) < 4.78 is 11.8. The number of carbonyl (C=O) groups excluding carboxylic acids is 2. The monoisotopic (exact) mass is 748 g/mol. The summed E-state index contributed by atoms with van der Waals surface area (Å²) in [5.41, 5.74) is 3.04. The quantitative estimate of drug-likeness (QED) is 0.204. The number of methoxy groups -OCH3 is 2. The molecule has 5 aliphatic rings. The zero-order valence-electron chi connectivity index (χ0n) is 33.6. The van der Waals surface area contributed by atoms with Gasteiger partial charge in [0.25, 0.3) is 5.91 Å². The van der Waals surface area contributed by atoms with Gasteiger partial charge in [0.2, 0.25) is 5.91 Å². The number of amides is 2. The number of carbonyl (C=O) groups is 2. The molecule has 4 saturated carbocycles. The van der Waals surface area contributed by atoms with E-state index in [0.29, 0.717) is 40.7 Å².